The molecule has 2 fully saturated rings. The van der Waals surface area contributed by atoms with Gasteiger partial charge >= 0.3 is 5.97 Å². The SMILES string of the molecule is O=C(O)c1cn(OCOC2CC3CCC2C3)c2ccccc12. The van der Waals surface area contributed by atoms with Crippen LogP contribution in [0.4, 0.5) is 0 Å². The van der Waals surface area contributed by atoms with E-state index in [2.05, 4.69) is 0 Å². The number of hydrogen-bond acceptors (Lipinski definition) is 3. The molecule has 3 atom stereocenters. The zero-order valence-electron chi connectivity index (χ0n) is 12.3. The molecule has 1 heterocycles. The first-order valence-electron chi connectivity index (χ1n) is 7.80. The standard InChI is InChI=1S/C17H19NO4/c19-17(20)14-9-18(15-4-2-1-3-13(14)15)22-10-21-16-8-11-5-6-12(16)7-11/h1-4,9,11-12,16H,5-8,10H2,(H,19,20). The summed E-state index contributed by atoms with van der Waals surface area (Å²) in [5, 5.41) is 9.94. The van der Waals surface area contributed by atoms with Crippen LogP contribution in [-0.4, -0.2) is 28.7 Å². The fourth-order valence-corrected chi connectivity index (χ4v) is 3.99. The largest absolute Gasteiger partial charge is 0.478 e. The first-order chi connectivity index (χ1) is 10.7. The second-order valence-corrected chi connectivity index (χ2v) is 6.32. The van der Waals surface area contributed by atoms with Gasteiger partial charge < -0.3 is 14.7 Å². The highest BCUT2D eigenvalue weighted by molar-refractivity contribution is 6.03. The first kappa shape index (κ1) is 13.6. The predicted molar refractivity (Wildman–Crippen MR) is 80.7 cm³/mol. The van der Waals surface area contributed by atoms with Crippen LogP contribution in [0.2, 0.25) is 0 Å². The lowest BCUT2D eigenvalue weighted by atomic mass is 9.98. The summed E-state index contributed by atoms with van der Waals surface area (Å²) in [7, 11) is 0. The van der Waals surface area contributed by atoms with Crippen molar-refractivity contribution in [1.29, 1.82) is 0 Å². The number of hydrogen-bond donors (Lipinski definition) is 1. The van der Waals surface area contributed by atoms with E-state index in [4.69, 9.17) is 9.57 Å². The van der Waals surface area contributed by atoms with Crippen LogP contribution in [-0.2, 0) is 4.74 Å². The minimum Gasteiger partial charge on any atom is -0.478 e. The summed E-state index contributed by atoms with van der Waals surface area (Å²) in [6.45, 7) is 0.158. The fourth-order valence-electron chi connectivity index (χ4n) is 3.99. The number of benzene rings is 1. The molecule has 0 saturated heterocycles. The molecule has 1 aromatic heterocycles. The van der Waals surface area contributed by atoms with E-state index in [-0.39, 0.29) is 12.4 Å². The lowest BCUT2D eigenvalue weighted by molar-refractivity contribution is -0.104. The lowest BCUT2D eigenvalue weighted by Gasteiger charge is -2.22. The van der Waals surface area contributed by atoms with Gasteiger partial charge in [-0.3, -0.25) is 0 Å². The van der Waals surface area contributed by atoms with Crippen LogP contribution >= 0.6 is 0 Å². The summed E-state index contributed by atoms with van der Waals surface area (Å²) in [6.07, 6.45) is 6.86. The summed E-state index contributed by atoms with van der Waals surface area (Å²) in [5.74, 6) is 0.568. The number of nitrogens with zero attached hydrogens (tertiary/aromatic N) is 1. The molecule has 5 nitrogen and oxygen atoms in total. The molecule has 5 heteroatoms. The van der Waals surface area contributed by atoms with Gasteiger partial charge in [-0.05, 0) is 43.6 Å². The summed E-state index contributed by atoms with van der Waals surface area (Å²) >= 11 is 0. The van der Waals surface area contributed by atoms with Crippen LogP contribution in [0.3, 0.4) is 0 Å². The van der Waals surface area contributed by atoms with Crippen molar-refractivity contribution in [2.24, 2.45) is 11.8 Å². The van der Waals surface area contributed by atoms with Gasteiger partial charge in [-0.15, -0.1) is 0 Å². The number of para-hydroxylation sites is 1. The van der Waals surface area contributed by atoms with Crippen LogP contribution in [0.25, 0.3) is 10.9 Å². The molecular formula is C17H19NO4. The van der Waals surface area contributed by atoms with Gasteiger partial charge in [-0.2, -0.15) is 4.73 Å². The van der Waals surface area contributed by atoms with E-state index in [1.165, 1.54) is 30.2 Å². The molecule has 2 saturated carbocycles. The third kappa shape index (κ3) is 2.25. The molecule has 2 bridgehead atoms. The molecule has 1 aromatic carbocycles. The van der Waals surface area contributed by atoms with Gasteiger partial charge in [0.15, 0.2) is 0 Å². The number of aromatic carboxylic acids is 1. The van der Waals surface area contributed by atoms with E-state index in [9.17, 15) is 9.90 Å². The molecule has 2 aliphatic carbocycles. The minimum atomic E-state index is -0.951. The average Bonchev–Trinajstić information content (AvgIpc) is 3.21. The van der Waals surface area contributed by atoms with E-state index in [1.54, 1.807) is 6.07 Å². The molecule has 0 amide bonds. The maximum Gasteiger partial charge on any atom is 0.338 e. The molecule has 0 spiro atoms. The monoisotopic (exact) mass is 301 g/mol. The van der Waals surface area contributed by atoms with Crippen LogP contribution in [0.1, 0.15) is 36.0 Å². The van der Waals surface area contributed by atoms with Crippen LogP contribution in [0.5, 0.6) is 0 Å². The topological polar surface area (TPSA) is 60.7 Å². The fraction of sp³-hybridized carbons (Fsp3) is 0.471. The summed E-state index contributed by atoms with van der Waals surface area (Å²) in [5.41, 5.74) is 0.993. The van der Waals surface area contributed by atoms with E-state index in [1.807, 2.05) is 18.2 Å². The third-order valence-corrected chi connectivity index (χ3v) is 5.06. The smallest absolute Gasteiger partial charge is 0.338 e. The van der Waals surface area contributed by atoms with E-state index < -0.39 is 5.97 Å². The highest BCUT2D eigenvalue weighted by Crippen LogP contribution is 2.45. The maximum absolute atomic E-state index is 11.3. The normalized spacial score (nSPS) is 26.6. The van der Waals surface area contributed by atoms with Gasteiger partial charge in [0.2, 0.25) is 6.79 Å². The quantitative estimate of drug-likeness (QED) is 0.863. The van der Waals surface area contributed by atoms with E-state index in [0.717, 1.165) is 17.9 Å². The molecule has 1 N–H and O–H groups in total. The minimum absolute atomic E-state index is 0.158. The van der Waals surface area contributed by atoms with Crippen molar-refractivity contribution in [3.63, 3.8) is 0 Å². The van der Waals surface area contributed by atoms with Crippen molar-refractivity contribution in [1.82, 2.24) is 4.73 Å². The molecule has 2 aliphatic rings. The molecule has 0 radical (unpaired) electrons. The first-order valence-corrected chi connectivity index (χ1v) is 7.80. The molecule has 3 unspecified atom stereocenters. The Labute approximate surface area is 128 Å². The summed E-state index contributed by atoms with van der Waals surface area (Å²) in [4.78, 5) is 16.9. The third-order valence-electron chi connectivity index (χ3n) is 5.06. The van der Waals surface area contributed by atoms with Gasteiger partial charge in [-0.1, -0.05) is 18.2 Å². The van der Waals surface area contributed by atoms with Crippen LogP contribution in [0, 0.1) is 11.8 Å². The van der Waals surface area contributed by atoms with E-state index in [0.29, 0.717) is 17.4 Å². The van der Waals surface area contributed by atoms with Gasteiger partial charge in [0.05, 0.1) is 23.4 Å². The number of ether oxygens (including phenoxy) is 1. The van der Waals surface area contributed by atoms with Gasteiger partial charge in [-0.25, -0.2) is 4.79 Å². The average molecular weight is 301 g/mol. The van der Waals surface area contributed by atoms with Crippen molar-refractivity contribution >= 4 is 16.9 Å². The van der Waals surface area contributed by atoms with Crippen LogP contribution in [0.15, 0.2) is 30.5 Å². The Hall–Kier alpha value is -2.01. The highest BCUT2D eigenvalue weighted by atomic mass is 16.8. The Morgan fingerprint density at radius 3 is 2.86 bits per heavy atom. The molecule has 0 aliphatic heterocycles. The number of carboxylic acid groups (broad SMARTS) is 1. The highest BCUT2D eigenvalue weighted by Gasteiger charge is 2.40. The van der Waals surface area contributed by atoms with Crippen molar-refractivity contribution < 1.29 is 19.5 Å². The van der Waals surface area contributed by atoms with Crippen molar-refractivity contribution in [2.45, 2.75) is 31.8 Å². The molecular weight excluding hydrogens is 282 g/mol. The summed E-state index contributed by atoms with van der Waals surface area (Å²) < 4.78 is 7.37. The lowest BCUT2D eigenvalue weighted by Crippen LogP contribution is -2.25. The Bertz CT molecular complexity index is 708. The second kappa shape index (κ2) is 5.32. The van der Waals surface area contributed by atoms with Gasteiger partial charge in [0.25, 0.3) is 0 Å². The Balaban J connectivity index is 1.46. The zero-order chi connectivity index (χ0) is 15.1. The number of rotatable bonds is 5. The Morgan fingerprint density at radius 1 is 1.27 bits per heavy atom. The Kier molecular flexibility index (Phi) is 3.30. The summed E-state index contributed by atoms with van der Waals surface area (Å²) in [6, 6.07) is 7.32. The molecule has 22 heavy (non-hydrogen) atoms. The number of carbonyl (C=O) groups is 1. The van der Waals surface area contributed by atoms with Crippen molar-refractivity contribution in [3.05, 3.63) is 36.0 Å². The zero-order valence-corrected chi connectivity index (χ0v) is 12.3. The molecule has 4 rings (SSSR count). The van der Waals surface area contributed by atoms with Crippen molar-refractivity contribution in [2.75, 3.05) is 6.79 Å². The predicted octanol–water partition coefficient (Wildman–Crippen LogP) is 2.93. The van der Waals surface area contributed by atoms with Gasteiger partial charge in [0.1, 0.15) is 0 Å². The second-order valence-electron chi connectivity index (χ2n) is 6.32. The van der Waals surface area contributed by atoms with Crippen molar-refractivity contribution in [3.8, 4) is 0 Å². The van der Waals surface area contributed by atoms with E-state index >= 15 is 0 Å². The number of fused-ring (bicyclic) bond motifs is 3. The number of aromatic nitrogens is 1. The molecule has 2 aromatic rings. The van der Waals surface area contributed by atoms with Gasteiger partial charge in [0, 0.05) is 5.39 Å². The molecule has 116 valence electrons. The Morgan fingerprint density at radius 2 is 2.14 bits per heavy atom. The maximum atomic E-state index is 11.3. The van der Waals surface area contributed by atoms with Crippen LogP contribution < -0.4 is 4.84 Å². The number of carboxylic acids is 1.